The molecule has 5 heteroatoms. The maximum absolute atomic E-state index is 12.2. The number of carbonyl (C=O) groups is 1. The van der Waals surface area contributed by atoms with Gasteiger partial charge in [-0.25, -0.2) is 0 Å². The van der Waals surface area contributed by atoms with E-state index in [1.807, 2.05) is 25.1 Å². The van der Waals surface area contributed by atoms with Crippen molar-refractivity contribution >= 4 is 40.9 Å². The third kappa shape index (κ3) is 4.61. The number of carbonyl (C=O) groups excluding carboxylic acids is 1. The van der Waals surface area contributed by atoms with Crippen LogP contribution in [0.2, 0.25) is 0 Å². The highest BCUT2D eigenvalue weighted by Crippen LogP contribution is 2.19. The Balaban J connectivity index is 0.00000180. The fourth-order valence-corrected chi connectivity index (χ4v) is 2.92. The number of halogens is 2. The number of nitrogens with two attached hydrogens (primary N) is 1. The second-order valence-electron chi connectivity index (χ2n) is 5.07. The molecule has 0 aliphatic heterocycles. The number of rotatable bonds is 2. The van der Waals surface area contributed by atoms with Crippen molar-refractivity contribution in [3.05, 3.63) is 32.9 Å². The Labute approximate surface area is 134 Å². The number of hydrogen-bond acceptors (Lipinski definition) is 2. The third-order valence-electron chi connectivity index (χ3n) is 3.47. The summed E-state index contributed by atoms with van der Waals surface area (Å²) in [6.45, 7) is 2.01. The van der Waals surface area contributed by atoms with Crippen LogP contribution >= 0.6 is 35.0 Å². The van der Waals surface area contributed by atoms with Crippen molar-refractivity contribution in [2.24, 2.45) is 5.73 Å². The van der Waals surface area contributed by atoms with Crippen LogP contribution in [0.3, 0.4) is 0 Å². The van der Waals surface area contributed by atoms with Gasteiger partial charge in [-0.1, -0.05) is 11.6 Å². The summed E-state index contributed by atoms with van der Waals surface area (Å²) in [5.41, 5.74) is 7.77. The maximum atomic E-state index is 12.2. The molecule has 1 aromatic carbocycles. The Morgan fingerprint density at radius 2 is 1.95 bits per heavy atom. The first-order valence-corrected chi connectivity index (χ1v) is 7.46. The molecule has 0 bridgehead atoms. The first-order chi connectivity index (χ1) is 8.56. The Bertz CT molecular complexity index is 445. The van der Waals surface area contributed by atoms with Gasteiger partial charge in [0.15, 0.2) is 0 Å². The van der Waals surface area contributed by atoms with E-state index in [-0.39, 0.29) is 24.4 Å². The molecule has 1 aromatic rings. The minimum absolute atomic E-state index is 0. The fraction of sp³-hybridized carbons (Fsp3) is 0.500. The molecule has 1 amide bonds. The maximum Gasteiger partial charge on any atom is 0.252 e. The van der Waals surface area contributed by atoms with Crippen LogP contribution in [-0.4, -0.2) is 18.0 Å². The molecular weight excluding hydrogens is 375 g/mol. The van der Waals surface area contributed by atoms with E-state index in [4.69, 9.17) is 5.73 Å². The fourth-order valence-electron chi connectivity index (χ4n) is 2.34. The highest BCUT2D eigenvalue weighted by atomic mass is 127. The van der Waals surface area contributed by atoms with E-state index < -0.39 is 0 Å². The molecule has 1 aliphatic carbocycles. The summed E-state index contributed by atoms with van der Waals surface area (Å²) in [5, 5.41) is 3.12. The number of amides is 1. The van der Waals surface area contributed by atoms with Crippen molar-refractivity contribution in [1.82, 2.24) is 5.32 Å². The Morgan fingerprint density at radius 3 is 2.58 bits per heavy atom. The highest BCUT2D eigenvalue weighted by molar-refractivity contribution is 14.1. The van der Waals surface area contributed by atoms with Gasteiger partial charge in [-0.2, -0.15) is 0 Å². The standard InChI is InChI=1S/C14H19IN2O.ClH/c1-9-2-7-13(15)12(8-9)14(18)17-11-5-3-10(16)4-6-11;/h2,7-8,10-11H,3-6,16H2,1H3,(H,17,18);1H. The molecule has 2 rings (SSSR count). The molecular formula is C14H20ClIN2O. The smallest absolute Gasteiger partial charge is 0.252 e. The molecule has 1 saturated carbocycles. The lowest BCUT2D eigenvalue weighted by molar-refractivity contribution is 0.0925. The Hall–Kier alpha value is -0.330. The zero-order valence-electron chi connectivity index (χ0n) is 11.0. The highest BCUT2D eigenvalue weighted by Gasteiger charge is 2.21. The van der Waals surface area contributed by atoms with Gasteiger partial charge in [0.2, 0.25) is 0 Å². The molecule has 0 radical (unpaired) electrons. The summed E-state index contributed by atoms with van der Waals surface area (Å²) in [7, 11) is 0. The molecule has 0 spiro atoms. The van der Waals surface area contributed by atoms with Crippen molar-refractivity contribution in [2.45, 2.75) is 44.7 Å². The van der Waals surface area contributed by atoms with Crippen LogP contribution in [0.25, 0.3) is 0 Å². The second kappa shape index (κ2) is 7.45. The zero-order chi connectivity index (χ0) is 13.1. The van der Waals surface area contributed by atoms with Crippen molar-refractivity contribution < 1.29 is 4.79 Å². The van der Waals surface area contributed by atoms with Gasteiger partial charge in [-0.3, -0.25) is 4.79 Å². The predicted octanol–water partition coefficient (Wildman–Crippen LogP) is 3.02. The molecule has 1 aliphatic rings. The van der Waals surface area contributed by atoms with E-state index in [1.165, 1.54) is 0 Å². The number of nitrogens with one attached hydrogen (secondary N) is 1. The lowest BCUT2D eigenvalue weighted by Gasteiger charge is -2.27. The first kappa shape index (κ1) is 16.7. The van der Waals surface area contributed by atoms with Gasteiger partial charge >= 0.3 is 0 Å². The zero-order valence-corrected chi connectivity index (χ0v) is 14.0. The van der Waals surface area contributed by atoms with Crippen LogP contribution in [-0.2, 0) is 0 Å². The Morgan fingerprint density at radius 1 is 1.32 bits per heavy atom. The van der Waals surface area contributed by atoms with Gasteiger partial charge in [-0.15, -0.1) is 12.4 Å². The van der Waals surface area contributed by atoms with Crippen molar-refractivity contribution in [3.8, 4) is 0 Å². The number of aryl methyl sites for hydroxylation is 1. The summed E-state index contributed by atoms with van der Waals surface area (Å²) in [5.74, 6) is 0.0450. The van der Waals surface area contributed by atoms with E-state index in [2.05, 4.69) is 27.9 Å². The predicted molar refractivity (Wildman–Crippen MR) is 88.8 cm³/mol. The summed E-state index contributed by atoms with van der Waals surface area (Å²) < 4.78 is 1.00. The van der Waals surface area contributed by atoms with Gasteiger partial charge in [0, 0.05) is 15.7 Å². The molecule has 0 heterocycles. The molecule has 0 saturated heterocycles. The average Bonchev–Trinajstić information content (AvgIpc) is 2.35. The molecule has 0 atom stereocenters. The van der Waals surface area contributed by atoms with Crippen LogP contribution in [0, 0.1) is 10.5 Å². The van der Waals surface area contributed by atoms with E-state index in [0.717, 1.165) is 40.4 Å². The topological polar surface area (TPSA) is 55.1 Å². The quantitative estimate of drug-likeness (QED) is 0.758. The van der Waals surface area contributed by atoms with E-state index in [1.54, 1.807) is 0 Å². The van der Waals surface area contributed by atoms with Crippen LogP contribution in [0.4, 0.5) is 0 Å². The van der Waals surface area contributed by atoms with Crippen LogP contribution in [0.15, 0.2) is 18.2 Å². The molecule has 3 N–H and O–H groups in total. The van der Waals surface area contributed by atoms with Crippen LogP contribution in [0.5, 0.6) is 0 Å². The third-order valence-corrected chi connectivity index (χ3v) is 4.41. The molecule has 19 heavy (non-hydrogen) atoms. The average molecular weight is 395 g/mol. The van der Waals surface area contributed by atoms with Crippen molar-refractivity contribution in [2.75, 3.05) is 0 Å². The minimum atomic E-state index is 0. The second-order valence-corrected chi connectivity index (χ2v) is 6.23. The van der Waals surface area contributed by atoms with Crippen molar-refractivity contribution in [1.29, 1.82) is 0 Å². The monoisotopic (exact) mass is 394 g/mol. The summed E-state index contributed by atoms with van der Waals surface area (Å²) >= 11 is 2.21. The molecule has 0 aromatic heterocycles. The Kier molecular flexibility index (Phi) is 6.56. The molecule has 3 nitrogen and oxygen atoms in total. The molecule has 106 valence electrons. The van der Waals surface area contributed by atoms with Crippen LogP contribution in [0.1, 0.15) is 41.6 Å². The van der Waals surface area contributed by atoms with Gasteiger partial charge in [0.05, 0.1) is 5.56 Å². The number of hydrogen-bond donors (Lipinski definition) is 2. The summed E-state index contributed by atoms with van der Waals surface area (Å²) in [6.07, 6.45) is 4.01. The lowest BCUT2D eigenvalue weighted by Crippen LogP contribution is -2.40. The van der Waals surface area contributed by atoms with E-state index in [9.17, 15) is 4.79 Å². The number of benzene rings is 1. The van der Waals surface area contributed by atoms with Crippen molar-refractivity contribution in [3.63, 3.8) is 0 Å². The molecule has 1 fully saturated rings. The SMILES string of the molecule is Cc1ccc(I)c(C(=O)NC2CCC(N)CC2)c1.Cl. The largest absolute Gasteiger partial charge is 0.349 e. The first-order valence-electron chi connectivity index (χ1n) is 6.39. The molecule has 0 unspecified atom stereocenters. The summed E-state index contributed by atoms with van der Waals surface area (Å²) in [4.78, 5) is 12.2. The van der Waals surface area contributed by atoms with Crippen LogP contribution < -0.4 is 11.1 Å². The normalized spacial score (nSPS) is 22.5. The minimum Gasteiger partial charge on any atom is -0.349 e. The van der Waals surface area contributed by atoms with E-state index in [0.29, 0.717) is 6.04 Å². The summed E-state index contributed by atoms with van der Waals surface area (Å²) in [6, 6.07) is 6.57. The van der Waals surface area contributed by atoms with Gasteiger partial charge in [0.1, 0.15) is 0 Å². The van der Waals surface area contributed by atoms with Gasteiger partial charge < -0.3 is 11.1 Å². The van der Waals surface area contributed by atoms with Gasteiger partial charge in [0.25, 0.3) is 5.91 Å². The lowest BCUT2D eigenvalue weighted by atomic mass is 9.91. The van der Waals surface area contributed by atoms with Gasteiger partial charge in [-0.05, 0) is 67.3 Å². The van der Waals surface area contributed by atoms with E-state index >= 15 is 0 Å².